The van der Waals surface area contributed by atoms with Crippen LogP contribution in [-0.2, 0) is 4.79 Å². The van der Waals surface area contributed by atoms with Crippen LogP contribution in [0.3, 0.4) is 0 Å². The Balaban J connectivity index is 2.05. The number of hydrogen-bond donors (Lipinski definition) is 1. The zero-order valence-electron chi connectivity index (χ0n) is 11.3. The lowest BCUT2D eigenvalue weighted by molar-refractivity contribution is -0.111. The summed E-state index contributed by atoms with van der Waals surface area (Å²) in [5.41, 5.74) is 1.38. The molecular weight excluding hydrogens is 309 g/mol. The third kappa shape index (κ3) is 4.52. The fraction of sp³-hybridized carbons (Fsp3) is 0.0625. The van der Waals surface area contributed by atoms with Crippen molar-refractivity contribution in [3.63, 3.8) is 0 Å². The van der Waals surface area contributed by atoms with Gasteiger partial charge in [-0.1, -0.05) is 35.3 Å². The molecule has 0 aliphatic carbocycles. The molecule has 3 nitrogen and oxygen atoms in total. The Morgan fingerprint density at radius 2 is 2.00 bits per heavy atom. The first-order valence-corrected chi connectivity index (χ1v) is 6.92. The van der Waals surface area contributed by atoms with Gasteiger partial charge in [-0.25, -0.2) is 0 Å². The number of halogens is 2. The van der Waals surface area contributed by atoms with E-state index in [9.17, 15) is 4.79 Å². The summed E-state index contributed by atoms with van der Waals surface area (Å²) in [6.07, 6.45) is 3.13. The first-order chi connectivity index (χ1) is 10.1. The van der Waals surface area contributed by atoms with Crippen molar-refractivity contribution in [3.8, 4) is 5.75 Å². The number of nitrogens with one attached hydrogen (secondary N) is 1. The van der Waals surface area contributed by atoms with Crippen molar-refractivity contribution in [2.75, 3.05) is 12.4 Å². The van der Waals surface area contributed by atoms with Crippen LogP contribution in [0.4, 0.5) is 5.69 Å². The lowest BCUT2D eigenvalue weighted by atomic mass is 10.2. The third-order valence-electron chi connectivity index (χ3n) is 2.71. The van der Waals surface area contributed by atoms with E-state index in [-0.39, 0.29) is 5.91 Å². The molecule has 5 heteroatoms. The molecule has 0 heterocycles. The molecule has 108 valence electrons. The van der Waals surface area contributed by atoms with Gasteiger partial charge < -0.3 is 10.1 Å². The number of hydrogen-bond acceptors (Lipinski definition) is 2. The Morgan fingerprint density at radius 3 is 2.71 bits per heavy atom. The fourth-order valence-electron chi connectivity index (χ4n) is 1.68. The normalized spacial score (nSPS) is 10.6. The Hall–Kier alpha value is -1.97. The second kappa shape index (κ2) is 7.16. The van der Waals surface area contributed by atoms with Crippen molar-refractivity contribution in [1.82, 2.24) is 0 Å². The molecule has 0 saturated heterocycles. The molecule has 0 bridgehead atoms. The summed E-state index contributed by atoms with van der Waals surface area (Å²) in [5.74, 6) is 0.459. The van der Waals surface area contributed by atoms with Crippen LogP contribution >= 0.6 is 23.2 Å². The average Bonchev–Trinajstić information content (AvgIpc) is 2.48. The van der Waals surface area contributed by atoms with Crippen LogP contribution in [0.15, 0.2) is 48.5 Å². The van der Waals surface area contributed by atoms with Crippen LogP contribution in [-0.4, -0.2) is 13.0 Å². The smallest absolute Gasteiger partial charge is 0.248 e. The Morgan fingerprint density at radius 1 is 1.19 bits per heavy atom. The number of rotatable bonds is 4. The highest BCUT2D eigenvalue weighted by molar-refractivity contribution is 6.36. The lowest BCUT2D eigenvalue weighted by Gasteiger charge is -2.05. The largest absolute Gasteiger partial charge is 0.497 e. The van der Waals surface area contributed by atoms with E-state index in [2.05, 4.69) is 5.32 Å². The summed E-state index contributed by atoms with van der Waals surface area (Å²) in [7, 11) is 1.60. The lowest BCUT2D eigenvalue weighted by Crippen LogP contribution is -2.08. The maximum absolute atomic E-state index is 11.9. The van der Waals surface area contributed by atoms with Gasteiger partial charge in [0.05, 0.1) is 17.8 Å². The summed E-state index contributed by atoms with van der Waals surface area (Å²) < 4.78 is 5.12. The highest BCUT2D eigenvalue weighted by atomic mass is 35.5. The van der Waals surface area contributed by atoms with Gasteiger partial charge in [-0.05, 0) is 42.0 Å². The summed E-state index contributed by atoms with van der Waals surface area (Å²) in [6.45, 7) is 0. The Bertz CT molecular complexity index is 684. The minimum Gasteiger partial charge on any atom is -0.497 e. The molecule has 0 aromatic heterocycles. The van der Waals surface area contributed by atoms with Crippen LogP contribution in [0.1, 0.15) is 5.56 Å². The van der Waals surface area contributed by atoms with E-state index in [4.69, 9.17) is 27.9 Å². The summed E-state index contributed by atoms with van der Waals surface area (Å²) in [4.78, 5) is 11.9. The number of ether oxygens (including phenoxy) is 1. The SMILES string of the molecule is COc1cccc(/C=C/C(=O)Nc2ccc(Cl)cc2Cl)c1. The van der Waals surface area contributed by atoms with Gasteiger partial charge in [0.15, 0.2) is 0 Å². The molecule has 21 heavy (non-hydrogen) atoms. The van der Waals surface area contributed by atoms with Gasteiger partial charge in [0.2, 0.25) is 5.91 Å². The van der Waals surface area contributed by atoms with Crippen LogP contribution in [0.25, 0.3) is 6.08 Å². The molecule has 1 amide bonds. The molecule has 0 aliphatic rings. The second-order valence-electron chi connectivity index (χ2n) is 4.22. The predicted molar refractivity (Wildman–Crippen MR) is 87.1 cm³/mol. The van der Waals surface area contributed by atoms with Crippen molar-refractivity contribution >= 4 is 40.9 Å². The molecule has 2 aromatic rings. The van der Waals surface area contributed by atoms with Crippen LogP contribution < -0.4 is 10.1 Å². The summed E-state index contributed by atoms with van der Waals surface area (Å²) in [6, 6.07) is 12.3. The van der Waals surface area contributed by atoms with E-state index in [1.165, 1.54) is 6.08 Å². The third-order valence-corrected chi connectivity index (χ3v) is 3.26. The summed E-state index contributed by atoms with van der Waals surface area (Å²) in [5, 5.41) is 3.60. The first kappa shape index (κ1) is 15.4. The van der Waals surface area contributed by atoms with E-state index in [0.717, 1.165) is 11.3 Å². The van der Waals surface area contributed by atoms with Gasteiger partial charge in [-0.3, -0.25) is 4.79 Å². The van der Waals surface area contributed by atoms with Gasteiger partial charge >= 0.3 is 0 Å². The monoisotopic (exact) mass is 321 g/mol. The maximum atomic E-state index is 11.9. The number of benzene rings is 2. The average molecular weight is 322 g/mol. The van der Waals surface area contributed by atoms with Crippen molar-refractivity contribution in [1.29, 1.82) is 0 Å². The first-order valence-electron chi connectivity index (χ1n) is 6.16. The van der Waals surface area contributed by atoms with Gasteiger partial charge in [-0.2, -0.15) is 0 Å². The minimum atomic E-state index is -0.276. The highest BCUT2D eigenvalue weighted by Gasteiger charge is 2.03. The molecule has 2 rings (SSSR count). The van der Waals surface area contributed by atoms with E-state index in [1.54, 1.807) is 31.4 Å². The van der Waals surface area contributed by atoms with Crippen molar-refractivity contribution < 1.29 is 9.53 Å². The van der Waals surface area contributed by atoms with Crippen LogP contribution in [0, 0.1) is 0 Å². The van der Waals surface area contributed by atoms with Gasteiger partial charge in [0.25, 0.3) is 0 Å². The minimum absolute atomic E-state index is 0.276. The molecular formula is C16H13Cl2NO2. The topological polar surface area (TPSA) is 38.3 Å². The van der Waals surface area contributed by atoms with Crippen LogP contribution in [0.2, 0.25) is 10.0 Å². The predicted octanol–water partition coefficient (Wildman–Crippen LogP) is 4.65. The van der Waals surface area contributed by atoms with E-state index in [0.29, 0.717) is 15.7 Å². The quantitative estimate of drug-likeness (QED) is 0.832. The molecule has 0 unspecified atom stereocenters. The van der Waals surface area contributed by atoms with Crippen molar-refractivity contribution in [2.45, 2.75) is 0 Å². The van der Waals surface area contributed by atoms with Crippen molar-refractivity contribution in [3.05, 3.63) is 64.1 Å². The molecule has 0 atom stereocenters. The number of carbonyl (C=O) groups is 1. The number of amides is 1. The molecule has 0 spiro atoms. The highest BCUT2D eigenvalue weighted by Crippen LogP contribution is 2.25. The van der Waals surface area contributed by atoms with Crippen LogP contribution in [0.5, 0.6) is 5.75 Å². The zero-order valence-corrected chi connectivity index (χ0v) is 12.8. The molecule has 0 radical (unpaired) electrons. The Labute approximate surface area is 133 Å². The van der Waals surface area contributed by atoms with Crippen molar-refractivity contribution in [2.24, 2.45) is 0 Å². The van der Waals surface area contributed by atoms with E-state index in [1.807, 2.05) is 24.3 Å². The standard InChI is InChI=1S/C16H13Cl2NO2/c1-21-13-4-2-3-11(9-13)5-8-16(20)19-15-7-6-12(17)10-14(15)18/h2-10H,1H3,(H,19,20)/b8-5+. The number of anilines is 1. The Kier molecular flexibility index (Phi) is 5.26. The summed E-state index contributed by atoms with van der Waals surface area (Å²) >= 11 is 11.8. The second-order valence-corrected chi connectivity index (χ2v) is 5.07. The van der Waals surface area contributed by atoms with E-state index >= 15 is 0 Å². The van der Waals surface area contributed by atoms with E-state index < -0.39 is 0 Å². The van der Waals surface area contributed by atoms with Gasteiger partial charge in [0, 0.05) is 11.1 Å². The molecule has 0 fully saturated rings. The molecule has 1 N–H and O–H groups in total. The number of carbonyl (C=O) groups excluding carboxylic acids is 1. The fourth-order valence-corrected chi connectivity index (χ4v) is 2.14. The maximum Gasteiger partial charge on any atom is 0.248 e. The molecule has 2 aromatic carbocycles. The van der Waals surface area contributed by atoms with Gasteiger partial charge in [-0.15, -0.1) is 0 Å². The van der Waals surface area contributed by atoms with Gasteiger partial charge in [0.1, 0.15) is 5.75 Å². The molecule has 0 aliphatic heterocycles. The number of methoxy groups -OCH3 is 1. The molecule has 0 saturated carbocycles. The zero-order chi connectivity index (χ0) is 15.2.